The number of piperazine rings is 1. The molecular formula is C19H20ClN5O. The predicted molar refractivity (Wildman–Crippen MR) is 104 cm³/mol. The molecule has 26 heavy (non-hydrogen) atoms. The number of nitrogens with one attached hydrogen (secondary N) is 2. The first-order valence-electron chi connectivity index (χ1n) is 8.66. The minimum Gasteiger partial charge on any atom is -0.339 e. The van der Waals surface area contributed by atoms with Gasteiger partial charge >= 0.3 is 6.03 Å². The van der Waals surface area contributed by atoms with Crippen molar-refractivity contribution in [2.24, 2.45) is 0 Å². The van der Waals surface area contributed by atoms with Gasteiger partial charge in [-0.05, 0) is 29.8 Å². The van der Waals surface area contributed by atoms with Gasteiger partial charge in [-0.3, -0.25) is 0 Å². The van der Waals surface area contributed by atoms with Gasteiger partial charge in [0, 0.05) is 37.7 Å². The van der Waals surface area contributed by atoms with E-state index in [4.69, 9.17) is 11.6 Å². The van der Waals surface area contributed by atoms with Crippen LogP contribution in [0.3, 0.4) is 0 Å². The number of rotatable bonds is 3. The molecule has 0 atom stereocenters. The number of carbonyl (C=O) groups excluding carboxylic acids is 1. The fraction of sp³-hybridized carbons (Fsp3) is 0.263. The van der Waals surface area contributed by atoms with Crippen molar-refractivity contribution >= 4 is 34.6 Å². The number of hydrogen-bond donors (Lipinski definition) is 2. The van der Waals surface area contributed by atoms with E-state index < -0.39 is 0 Å². The molecule has 0 saturated carbocycles. The van der Waals surface area contributed by atoms with E-state index in [1.807, 2.05) is 53.4 Å². The lowest BCUT2D eigenvalue weighted by atomic mass is 10.2. The van der Waals surface area contributed by atoms with Crippen LogP contribution in [-0.2, 0) is 6.54 Å². The van der Waals surface area contributed by atoms with E-state index in [9.17, 15) is 4.79 Å². The van der Waals surface area contributed by atoms with E-state index in [1.165, 1.54) is 0 Å². The van der Waals surface area contributed by atoms with E-state index in [0.29, 0.717) is 24.7 Å². The van der Waals surface area contributed by atoms with Crippen LogP contribution >= 0.6 is 11.6 Å². The first-order valence-corrected chi connectivity index (χ1v) is 9.04. The van der Waals surface area contributed by atoms with Crippen LogP contribution in [0.15, 0.2) is 48.5 Å². The topological polar surface area (TPSA) is 64.3 Å². The van der Waals surface area contributed by atoms with Crippen LogP contribution < -0.4 is 10.2 Å². The smallest absolute Gasteiger partial charge is 0.317 e. The first kappa shape index (κ1) is 16.7. The van der Waals surface area contributed by atoms with Gasteiger partial charge in [0.2, 0.25) is 5.95 Å². The number of amides is 2. The lowest BCUT2D eigenvalue weighted by molar-refractivity contribution is 0.193. The second kappa shape index (κ2) is 7.25. The molecule has 1 aromatic heterocycles. The van der Waals surface area contributed by atoms with Crippen molar-refractivity contribution in [2.75, 3.05) is 31.1 Å². The molecule has 0 radical (unpaired) electrons. The molecule has 2 aromatic carbocycles. The van der Waals surface area contributed by atoms with Gasteiger partial charge in [-0.15, -0.1) is 0 Å². The van der Waals surface area contributed by atoms with Crippen molar-refractivity contribution in [3.63, 3.8) is 0 Å². The number of carbonyl (C=O) groups is 1. The van der Waals surface area contributed by atoms with Crippen molar-refractivity contribution < 1.29 is 4.79 Å². The number of halogens is 1. The molecule has 0 bridgehead atoms. The standard InChI is InChI=1S/C19H20ClN5O/c20-15-7-5-14(6-8-15)13-21-19(26)25-11-9-24(10-12-25)18-22-16-3-1-2-4-17(16)23-18/h1-8H,9-13H2,(H,21,26)(H,22,23). The Morgan fingerprint density at radius 2 is 1.81 bits per heavy atom. The summed E-state index contributed by atoms with van der Waals surface area (Å²) in [5.41, 5.74) is 3.03. The van der Waals surface area contributed by atoms with E-state index in [1.54, 1.807) is 0 Å². The Morgan fingerprint density at radius 3 is 2.54 bits per heavy atom. The van der Waals surface area contributed by atoms with Crippen molar-refractivity contribution in [3.8, 4) is 0 Å². The predicted octanol–water partition coefficient (Wildman–Crippen LogP) is 3.25. The van der Waals surface area contributed by atoms with Gasteiger partial charge in [-0.2, -0.15) is 0 Å². The Hall–Kier alpha value is -2.73. The van der Waals surface area contributed by atoms with Gasteiger partial charge in [0.05, 0.1) is 11.0 Å². The molecule has 2 N–H and O–H groups in total. The SMILES string of the molecule is O=C(NCc1ccc(Cl)cc1)N1CCN(c2nc3ccccc3[nH]2)CC1. The zero-order chi connectivity index (χ0) is 17.9. The van der Waals surface area contributed by atoms with Crippen LogP contribution in [-0.4, -0.2) is 47.1 Å². The summed E-state index contributed by atoms with van der Waals surface area (Å²) in [5, 5.41) is 3.66. The molecule has 2 amide bonds. The number of hydrogen-bond acceptors (Lipinski definition) is 3. The average Bonchev–Trinajstić information content (AvgIpc) is 3.12. The molecule has 6 nitrogen and oxygen atoms in total. The minimum absolute atomic E-state index is 0.0378. The number of imidazole rings is 1. The molecule has 7 heteroatoms. The van der Waals surface area contributed by atoms with Crippen LogP contribution in [0.5, 0.6) is 0 Å². The summed E-state index contributed by atoms with van der Waals surface area (Å²) in [4.78, 5) is 24.4. The molecular weight excluding hydrogens is 350 g/mol. The summed E-state index contributed by atoms with van der Waals surface area (Å²) in [6.45, 7) is 3.36. The summed E-state index contributed by atoms with van der Waals surface area (Å²) in [7, 11) is 0. The molecule has 1 aliphatic heterocycles. The van der Waals surface area contributed by atoms with E-state index in [0.717, 1.165) is 35.6 Å². The Bertz CT molecular complexity index is 867. The number of aromatic nitrogens is 2. The molecule has 2 heterocycles. The summed E-state index contributed by atoms with van der Waals surface area (Å²) in [6, 6.07) is 15.4. The van der Waals surface area contributed by atoms with Crippen molar-refractivity contribution in [3.05, 3.63) is 59.1 Å². The summed E-state index contributed by atoms with van der Waals surface area (Å²) in [5.74, 6) is 0.868. The molecule has 0 aliphatic carbocycles. The third-order valence-corrected chi connectivity index (χ3v) is 4.85. The van der Waals surface area contributed by atoms with E-state index in [-0.39, 0.29) is 6.03 Å². The first-order chi connectivity index (χ1) is 12.7. The van der Waals surface area contributed by atoms with Crippen LogP contribution in [0, 0.1) is 0 Å². The Labute approximate surface area is 156 Å². The molecule has 0 unspecified atom stereocenters. The fourth-order valence-electron chi connectivity index (χ4n) is 3.10. The number of H-pyrrole nitrogens is 1. The zero-order valence-electron chi connectivity index (χ0n) is 14.3. The number of fused-ring (bicyclic) bond motifs is 1. The highest BCUT2D eigenvalue weighted by Crippen LogP contribution is 2.18. The highest BCUT2D eigenvalue weighted by atomic mass is 35.5. The van der Waals surface area contributed by atoms with Crippen LogP contribution in [0.1, 0.15) is 5.56 Å². The van der Waals surface area contributed by atoms with Crippen LogP contribution in [0.4, 0.5) is 10.7 Å². The number of anilines is 1. The second-order valence-electron chi connectivity index (χ2n) is 6.34. The number of para-hydroxylation sites is 2. The lowest BCUT2D eigenvalue weighted by Gasteiger charge is -2.34. The van der Waals surface area contributed by atoms with Crippen molar-refractivity contribution in [1.29, 1.82) is 0 Å². The molecule has 1 saturated heterocycles. The fourth-order valence-corrected chi connectivity index (χ4v) is 3.23. The number of benzene rings is 2. The molecule has 4 rings (SSSR count). The Kier molecular flexibility index (Phi) is 4.67. The minimum atomic E-state index is -0.0378. The van der Waals surface area contributed by atoms with E-state index >= 15 is 0 Å². The maximum atomic E-state index is 12.4. The largest absolute Gasteiger partial charge is 0.339 e. The van der Waals surface area contributed by atoms with Gasteiger partial charge in [0.25, 0.3) is 0 Å². The third kappa shape index (κ3) is 3.60. The van der Waals surface area contributed by atoms with Crippen LogP contribution in [0.2, 0.25) is 5.02 Å². The maximum absolute atomic E-state index is 12.4. The second-order valence-corrected chi connectivity index (χ2v) is 6.77. The van der Waals surface area contributed by atoms with Crippen molar-refractivity contribution in [1.82, 2.24) is 20.2 Å². The quantitative estimate of drug-likeness (QED) is 0.744. The highest BCUT2D eigenvalue weighted by molar-refractivity contribution is 6.30. The number of nitrogens with zero attached hydrogens (tertiary/aromatic N) is 3. The highest BCUT2D eigenvalue weighted by Gasteiger charge is 2.22. The van der Waals surface area contributed by atoms with Gasteiger partial charge in [0.1, 0.15) is 0 Å². The normalized spacial score (nSPS) is 14.7. The lowest BCUT2D eigenvalue weighted by Crippen LogP contribution is -2.52. The third-order valence-electron chi connectivity index (χ3n) is 4.60. The van der Waals surface area contributed by atoms with E-state index in [2.05, 4.69) is 20.2 Å². The summed E-state index contributed by atoms with van der Waals surface area (Å²) < 4.78 is 0. The maximum Gasteiger partial charge on any atom is 0.317 e. The number of urea groups is 1. The molecule has 1 aliphatic rings. The monoisotopic (exact) mass is 369 g/mol. The molecule has 0 spiro atoms. The Balaban J connectivity index is 1.31. The van der Waals surface area contributed by atoms with Gasteiger partial charge in [-0.25, -0.2) is 9.78 Å². The summed E-state index contributed by atoms with van der Waals surface area (Å²) >= 11 is 5.88. The molecule has 1 fully saturated rings. The van der Waals surface area contributed by atoms with Gasteiger partial charge in [-0.1, -0.05) is 35.9 Å². The average molecular weight is 370 g/mol. The van der Waals surface area contributed by atoms with Crippen molar-refractivity contribution in [2.45, 2.75) is 6.54 Å². The molecule has 3 aromatic rings. The van der Waals surface area contributed by atoms with Gasteiger partial charge in [0.15, 0.2) is 0 Å². The summed E-state index contributed by atoms with van der Waals surface area (Å²) in [6.07, 6.45) is 0. The van der Waals surface area contributed by atoms with Gasteiger partial charge < -0.3 is 20.1 Å². The molecule has 134 valence electrons. The Morgan fingerprint density at radius 1 is 1.08 bits per heavy atom. The van der Waals surface area contributed by atoms with Crippen LogP contribution in [0.25, 0.3) is 11.0 Å². The zero-order valence-corrected chi connectivity index (χ0v) is 15.0. The number of aromatic amines is 1.